The first-order valence-electron chi connectivity index (χ1n) is 9.74. The van der Waals surface area contributed by atoms with Gasteiger partial charge in [-0.05, 0) is 50.6 Å². The number of hydrogen-bond donors (Lipinski definition) is 2. The normalized spacial score (nSPS) is 15.6. The van der Waals surface area contributed by atoms with E-state index in [1.54, 1.807) is 0 Å². The molecule has 1 amide bonds. The number of aryl methyl sites for hydroxylation is 2. The first kappa shape index (κ1) is 22.0. The number of anilines is 1. The average Bonchev–Trinajstić information content (AvgIpc) is 2.89. The third kappa shape index (κ3) is 8.24. The maximum Gasteiger partial charge on any atom is 0.241 e. The molecular weight excluding hydrogens is 332 g/mol. The summed E-state index contributed by atoms with van der Waals surface area (Å²) in [5.41, 5.74) is 2.83. The lowest BCUT2D eigenvalue weighted by atomic mass is 10.1. The van der Waals surface area contributed by atoms with Crippen LogP contribution in [0.15, 0.2) is 12.1 Å². The van der Waals surface area contributed by atoms with E-state index in [4.69, 9.17) is 11.6 Å². The van der Waals surface area contributed by atoms with Gasteiger partial charge in [0.05, 0.1) is 6.04 Å². The van der Waals surface area contributed by atoms with Crippen LogP contribution in [0.4, 0.5) is 5.69 Å². The number of carbonyl (C=O) groups excluding carboxylic acids is 1. The SMILES string of the molecule is C1CCCCCC1.CCCC(NC)C(=O)Nc1c(C)cc(Cl)cc1C. The number of nitrogens with one attached hydrogen (secondary N) is 2. The summed E-state index contributed by atoms with van der Waals surface area (Å²) in [5.74, 6) is 0.00729. The first-order chi connectivity index (χ1) is 12.0. The van der Waals surface area contributed by atoms with E-state index < -0.39 is 0 Å². The highest BCUT2D eigenvalue weighted by atomic mass is 35.5. The monoisotopic (exact) mass is 366 g/mol. The van der Waals surface area contributed by atoms with Gasteiger partial charge in [-0.3, -0.25) is 4.79 Å². The van der Waals surface area contributed by atoms with Crippen LogP contribution in [0.1, 0.15) is 75.8 Å². The number of benzene rings is 1. The summed E-state index contributed by atoms with van der Waals surface area (Å²) in [6.45, 7) is 5.96. The van der Waals surface area contributed by atoms with Gasteiger partial charge in [0.2, 0.25) is 5.91 Å². The topological polar surface area (TPSA) is 41.1 Å². The molecule has 4 heteroatoms. The summed E-state index contributed by atoms with van der Waals surface area (Å²) in [5, 5.41) is 6.71. The summed E-state index contributed by atoms with van der Waals surface area (Å²) in [6.07, 6.45) is 12.3. The van der Waals surface area contributed by atoms with E-state index in [9.17, 15) is 4.79 Å². The van der Waals surface area contributed by atoms with E-state index in [1.807, 2.05) is 33.0 Å². The van der Waals surface area contributed by atoms with Crippen LogP contribution >= 0.6 is 11.6 Å². The highest BCUT2D eigenvalue weighted by molar-refractivity contribution is 6.30. The van der Waals surface area contributed by atoms with Crippen molar-refractivity contribution >= 4 is 23.2 Å². The van der Waals surface area contributed by atoms with Crippen molar-refractivity contribution in [1.82, 2.24) is 5.32 Å². The molecule has 0 aliphatic heterocycles. The molecule has 1 fully saturated rings. The summed E-state index contributed by atoms with van der Waals surface area (Å²) in [6, 6.07) is 3.57. The molecule has 3 nitrogen and oxygen atoms in total. The van der Waals surface area contributed by atoms with Gasteiger partial charge in [0, 0.05) is 10.7 Å². The van der Waals surface area contributed by atoms with E-state index in [0.29, 0.717) is 5.02 Å². The molecule has 1 aliphatic carbocycles. The molecule has 2 N–H and O–H groups in total. The van der Waals surface area contributed by atoms with E-state index in [0.717, 1.165) is 29.7 Å². The van der Waals surface area contributed by atoms with E-state index in [-0.39, 0.29) is 11.9 Å². The van der Waals surface area contributed by atoms with Crippen LogP contribution in [-0.4, -0.2) is 19.0 Å². The summed E-state index contributed by atoms with van der Waals surface area (Å²) in [4.78, 5) is 12.1. The molecule has 1 aromatic carbocycles. The highest BCUT2D eigenvalue weighted by Crippen LogP contribution is 2.25. The number of hydrogen-bond acceptors (Lipinski definition) is 2. The fraction of sp³-hybridized carbons (Fsp3) is 0.667. The second kappa shape index (κ2) is 12.3. The Hall–Kier alpha value is -1.06. The van der Waals surface area contributed by atoms with Gasteiger partial charge in [0.1, 0.15) is 0 Å². The minimum Gasteiger partial charge on any atom is -0.324 e. The van der Waals surface area contributed by atoms with Gasteiger partial charge in [-0.25, -0.2) is 0 Å². The summed E-state index contributed by atoms with van der Waals surface area (Å²) in [7, 11) is 1.81. The van der Waals surface area contributed by atoms with Gasteiger partial charge in [0.15, 0.2) is 0 Å². The molecule has 1 unspecified atom stereocenters. The molecular formula is C21H35ClN2O. The van der Waals surface area contributed by atoms with Gasteiger partial charge < -0.3 is 10.6 Å². The van der Waals surface area contributed by atoms with Crippen LogP contribution in [0.25, 0.3) is 0 Å². The van der Waals surface area contributed by atoms with Gasteiger partial charge in [0.25, 0.3) is 0 Å². The Morgan fingerprint density at radius 1 is 1.04 bits per heavy atom. The standard InChI is InChI=1S/C14H21ClN2O.C7H14/c1-5-6-12(16-4)14(18)17-13-9(2)7-11(15)8-10(13)3;1-2-4-6-7-5-3-1/h7-8,12,16H,5-6H2,1-4H3,(H,17,18);1-7H2. The van der Waals surface area contributed by atoms with Gasteiger partial charge in [-0.2, -0.15) is 0 Å². The lowest BCUT2D eigenvalue weighted by Crippen LogP contribution is -2.38. The van der Waals surface area contributed by atoms with Crippen molar-refractivity contribution in [2.24, 2.45) is 0 Å². The van der Waals surface area contributed by atoms with Crippen molar-refractivity contribution in [3.63, 3.8) is 0 Å². The Bertz CT molecular complexity index is 488. The zero-order chi connectivity index (χ0) is 18.7. The Labute approximate surface area is 158 Å². The lowest BCUT2D eigenvalue weighted by molar-refractivity contribution is -0.118. The van der Waals surface area contributed by atoms with Gasteiger partial charge in [-0.1, -0.05) is 69.9 Å². The third-order valence-electron chi connectivity index (χ3n) is 4.74. The summed E-state index contributed by atoms with van der Waals surface area (Å²) >= 11 is 5.97. The lowest BCUT2D eigenvalue weighted by Gasteiger charge is -2.18. The molecule has 2 rings (SSSR count). The molecule has 1 atom stereocenters. The van der Waals surface area contributed by atoms with Crippen LogP contribution < -0.4 is 10.6 Å². The van der Waals surface area contributed by atoms with Crippen molar-refractivity contribution in [3.8, 4) is 0 Å². The quantitative estimate of drug-likeness (QED) is 0.626. The van der Waals surface area contributed by atoms with Crippen molar-refractivity contribution in [3.05, 3.63) is 28.3 Å². The van der Waals surface area contributed by atoms with Crippen LogP contribution in [0.2, 0.25) is 5.02 Å². The predicted octanol–water partition coefficient (Wildman–Crippen LogP) is 6.01. The van der Waals surface area contributed by atoms with Crippen LogP contribution in [0.5, 0.6) is 0 Å². The number of rotatable bonds is 5. The molecule has 0 saturated heterocycles. The molecule has 0 aromatic heterocycles. The largest absolute Gasteiger partial charge is 0.324 e. The molecule has 0 radical (unpaired) electrons. The predicted molar refractivity (Wildman–Crippen MR) is 110 cm³/mol. The van der Waals surface area contributed by atoms with Gasteiger partial charge in [-0.15, -0.1) is 0 Å². The molecule has 1 aromatic rings. The fourth-order valence-electron chi connectivity index (χ4n) is 3.25. The minimum absolute atomic E-state index is 0.00729. The Kier molecular flexibility index (Phi) is 10.8. The zero-order valence-corrected chi connectivity index (χ0v) is 17.1. The maximum atomic E-state index is 12.1. The first-order valence-corrected chi connectivity index (χ1v) is 10.1. The maximum absolute atomic E-state index is 12.1. The second-order valence-corrected chi connectivity index (χ2v) is 7.45. The van der Waals surface area contributed by atoms with Crippen molar-refractivity contribution in [2.75, 3.05) is 12.4 Å². The van der Waals surface area contributed by atoms with Crippen LogP contribution in [0, 0.1) is 13.8 Å². The van der Waals surface area contributed by atoms with E-state index in [1.165, 1.54) is 44.9 Å². The average molecular weight is 367 g/mol. The smallest absolute Gasteiger partial charge is 0.241 e. The number of carbonyl (C=O) groups is 1. The fourth-order valence-corrected chi connectivity index (χ4v) is 3.58. The van der Waals surface area contributed by atoms with Crippen molar-refractivity contribution < 1.29 is 4.79 Å². The molecule has 25 heavy (non-hydrogen) atoms. The molecule has 142 valence electrons. The van der Waals surface area contributed by atoms with Crippen LogP contribution in [-0.2, 0) is 4.79 Å². The summed E-state index contributed by atoms with van der Waals surface area (Å²) < 4.78 is 0. The second-order valence-electron chi connectivity index (χ2n) is 7.01. The Morgan fingerprint density at radius 2 is 1.48 bits per heavy atom. The number of halogens is 1. The highest BCUT2D eigenvalue weighted by Gasteiger charge is 2.17. The van der Waals surface area contributed by atoms with E-state index in [2.05, 4.69) is 17.6 Å². The minimum atomic E-state index is -0.149. The molecule has 0 spiro atoms. The molecule has 0 bridgehead atoms. The molecule has 1 saturated carbocycles. The zero-order valence-electron chi connectivity index (χ0n) is 16.4. The van der Waals surface area contributed by atoms with Crippen molar-refractivity contribution in [2.45, 2.75) is 84.6 Å². The van der Waals surface area contributed by atoms with Gasteiger partial charge >= 0.3 is 0 Å². The van der Waals surface area contributed by atoms with Crippen molar-refractivity contribution in [1.29, 1.82) is 0 Å². The number of likely N-dealkylation sites (N-methyl/N-ethyl adjacent to an activating group) is 1. The molecule has 1 aliphatic rings. The number of amides is 1. The van der Waals surface area contributed by atoms with Crippen LogP contribution in [0.3, 0.4) is 0 Å². The van der Waals surface area contributed by atoms with E-state index >= 15 is 0 Å². The molecule has 0 heterocycles. The third-order valence-corrected chi connectivity index (χ3v) is 4.96. The Morgan fingerprint density at radius 3 is 1.84 bits per heavy atom. The Balaban J connectivity index is 0.000000370.